The van der Waals surface area contributed by atoms with Crippen LogP contribution in [0.4, 0.5) is 0 Å². The number of amidine groups is 1. The fourth-order valence-electron chi connectivity index (χ4n) is 0.915. The summed E-state index contributed by atoms with van der Waals surface area (Å²) in [6.07, 6.45) is 8.39. The molecule has 0 atom stereocenters. The summed E-state index contributed by atoms with van der Waals surface area (Å²) in [6, 6.07) is 0. The van der Waals surface area contributed by atoms with Crippen molar-refractivity contribution in [2.24, 2.45) is 31.2 Å². The van der Waals surface area contributed by atoms with Gasteiger partial charge in [-0.15, -0.1) is 5.16 Å². The molecule has 280 valence electrons. The number of aryl methyl sites for hydroxylation is 2. The lowest BCUT2D eigenvalue weighted by molar-refractivity contribution is -0.120. The number of aromatic amines is 2. The molecule has 0 radical (unpaired) electrons. The summed E-state index contributed by atoms with van der Waals surface area (Å²) in [6.45, 7) is 19.6. The Balaban J connectivity index is -0.0000000793. The second kappa shape index (κ2) is 54.3. The molecule has 0 bridgehead atoms. The molecular formula is C29H64N14O5. The molecule has 0 spiro atoms. The van der Waals surface area contributed by atoms with E-state index in [1.54, 1.807) is 69.0 Å². The number of amides is 2. The summed E-state index contributed by atoms with van der Waals surface area (Å²) in [5, 5.41) is 48.9. The number of nitrogens with zero attached hydrogens (tertiary/aromatic N) is 9. The zero-order valence-corrected chi connectivity index (χ0v) is 31.7. The first-order valence-electron chi connectivity index (χ1n) is 14.6. The van der Waals surface area contributed by atoms with E-state index in [1.165, 1.54) is 25.8 Å². The standard InChI is InChI=1S/C4H7N3.2C4H9NO.C3H5N3.C3H8N2.2C3H7NO.C3H7N.C2H5NO/c1-2-4-5-3-6-7-4;1-3-4(6)5-2;1-3-4(2)5-6;1-3-4-2-5-6-3;1-3(4)5-2;1-3(5)4-2;1-3(2)4-5;1-3-4-2;1-2-3-4/h3H,2H2,1H3,(H,5,6,7);3H2,1-2H3,(H,5,6);6H,3H2,1-2H3;2H,1H3,(H,4,5,6);1-2H3,(H2,4,5);1-2H3,(H,4,5);5H,1-2H3;3H,1-2H3;2,4H,1H3/b;;5-4+;;;;;;3-2+. The lowest BCUT2D eigenvalue weighted by atomic mass is 10.3. The van der Waals surface area contributed by atoms with Gasteiger partial charge in [0.2, 0.25) is 11.8 Å². The summed E-state index contributed by atoms with van der Waals surface area (Å²) in [5.74, 6) is 2.53. The predicted molar refractivity (Wildman–Crippen MR) is 196 cm³/mol. The lowest BCUT2D eigenvalue weighted by Gasteiger charge is -1.87. The summed E-state index contributed by atoms with van der Waals surface area (Å²) in [4.78, 5) is 34.6. The first kappa shape index (κ1) is 58.3. The summed E-state index contributed by atoms with van der Waals surface area (Å²) < 4.78 is 0. The van der Waals surface area contributed by atoms with E-state index < -0.39 is 0 Å². The molecule has 2 heterocycles. The topological polar surface area (TPSA) is 290 Å². The van der Waals surface area contributed by atoms with Crippen molar-refractivity contribution >= 4 is 41.5 Å². The van der Waals surface area contributed by atoms with Gasteiger partial charge < -0.3 is 37.0 Å². The Kier molecular flexibility index (Phi) is 65.9. The third-order valence-electron chi connectivity index (χ3n) is 3.90. The minimum absolute atomic E-state index is 0.00463. The molecular weight excluding hydrogens is 624 g/mol. The number of hydrogen-bond acceptors (Lipinski definition) is 14. The summed E-state index contributed by atoms with van der Waals surface area (Å²) >= 11 is 0. The van der Waals surface area contributed by atoms with Gasteiger partial charge in [-0.1, -0.05) is 31.1 Å². The molecule has 2 amide bonds. The minimum Gasteiger partial charge on any atom is -0.411 e. The van der Waals surface area contributed by atoms with Gasteiger partial charge in [0.15, 0.2) is 0 Å². The van der Waals surface area contributed by atoms with Crippen molar-refractivity contribution in [2.75, 3.05) is 28.2 Å². The summed E-state index contributed by atoms with van der Waals surface area (Å²) in [5.41, 5.74) is 6.50. The van der Waals surface area contributed by atoms with E-state index in [1.807, 2.05) is 34.6 Å². The SMILES string of the molecule is C/C=N/O.CC(C)=NO.CC/C(C)=N/O.CC=NC.CCC(=O)NC.CCc1ncn[nH]1.CN=C(C)N.CNC(C)=O.Cc1ncn[nH]1. The van der Waals surface area contributed by atoms with Crippen molar-refractivity contribution in [3.8, 4) is 0 Å². The highest BCUT2D eigenvalue weighted by Gasteiger charge is 1.85. The first-order chi connectivity index (χ1) is 22.6. The van der Waals surface area contributed by atoms with Crippen LogP contribution in [-0.4, -0.2) is 116 Å². The van der Waals surface area contributed by atoms with Crippen LogP contribution in [0, 0.1) is 6.92 Å². The first-order valence-corrected chi connectivity index (χ1v) is 14.6. The number of aliphatic imine (C=N–C) groups is 2. The van der Waals surface area contributed by atoms with Crippen molar-refractivity contribution in [1.82, 2.24) is 41.0 Å². The fraction of sp³-hybridized carbons (Fsp3) is 0.621. The molecule has 19 nitrogen and oxygen atoms in total. The number of H-pyrrole nitrogens is 2. The Hall–Kier alpha value is -5.23. The quantitative estimate of drug-likeness (QED) is 0.100. The zero-order valence-electron chi connectivity index (χ0n) is 31.7. The maximum Gasteiger partial charge on any atom is 0.219 e. The third-order valence-corrected chi connectivity index (χ3v) is 3.90. The van der Waals surface area contributed by atoms with Crippen molar-refractivity contribution < 1.29 is 25.2 Å². The largest absolute Gasteiger partial charge is 0.411 e. The van der Waals surface area contributed by atoms with Crippen molar-refractivity contribution in [1.29, 1.82) is 0 Å². The van der Waals surface area contributed by atoms with Gasteiger partial charge in [-0.05, 0) is 61.1 Å². The molecule has 0 fully saturated rings. The van der Waals surface area contributed by atoms with Crippen molar-refractivity contribution in [3.63, 3.8) is 0 Å². The molecule has 9 N–H and O–H groups in total. The predicted octanol–water partition coefficient (Wildman–Crippen LogP) is 3.64. The highest BCUT2D eigenvalue weighted by Crippen LogP contribution is 1.82. The van der Waals surface area contributed by atoms with Gasteiger partial charge in [0, 0.05) is 54.2 Å². The normalized spacial score (nSPS) is 9.15. The van der Waals surface area contributed by atoms with Crippen LogP contribution in [0.2, 0.25) is 0 Å². The van der Waals surface area contributed by atoms with E-state index in [0.717, 1.165) is 30.2 Å². The summed E-state index contributed by atoms with van der Waals surface area (Å²) in [7, 11) is 6.64. The number of carbonyl (C=O) groups is 2. The Labute approximate surface area is 286 Å². The van der Waals surface area contributed by atoms with Crippen LogP contribution in [0.1, 0.15) is 93.7 Å². The highest BCUT2D eigenvalue weighted by atomic mass is 16.4. The number of aromatic nitrogens is 6. The van der Waals surface area contributed by atoms with Gasteiger partial charge in [0.1, 0.15) is 24.3 Å². The number of nitrogens with two attached hydrogens (primary N) is 1. The molecule has 0 unspecified atom stereocenters. The van der Waals surface area contributed by atoms with Crippen molar-refractivity contribution in [2.45, 2.75) is 95.4 Å². The molecule has 0 saturated heterocycles. The van der Waals surface area contributed by atoms with Gasteiger partial charge in [-0.25, -0.2) is 9.97 Å². The van der Waals surface area contributed by atoms with Gasteiger partial charge >= 0.3 is 0 Å². The second-order valence-corrected chi connectivity index (χ2v) is 8.18. The molecule has 2 aromatic heterocycles. The van der Waals surface area contributed by atoms with Gasteiger partial charge in [-0.3, -0.25) is 24.8 Å². The van der Waals surface area contributed by atoms with E-state index in [-0.39, 0.29) is 11.8 Å². The Bertz CT molecular complexity index is 991. The molecule has 0 aromatic carbocycles. The second-order valence-electron chi connectivity index (χ2n) is 8.18. The van der Waals surface area contributed by atoms with E-state index in [2.05, 4.69) is 66.4 Å². The zero-order chi connectivity index (χ0) is 39.2. The average molecular weight is 689 g/mol. The molecule has 0 aliphatic heterocycles. The van der Waals surface area contributed by atoms with Crippen LogP contribution in [0.3, 0.4) is 0 Å². The van der Waals surface area contributed by atoms with Crippen LogP contribution in [0.15, 0.2) is 38.1 Å². The van der Waals surface area contributed by atoms with E-state index in [9.17, 15) is 9.59 Å². The van der Waals surface area contributed by atoms with Gasteiger partial charge in [0.05, 0.1) is 17.3 Å². The fourth-order valence-corrected chi connectivity index (χ4v) is 0.915. The molecule has 0 aliphatic carbocycles. The average Bonchev–Trinajstić information content (AvgIpc) is 3.83. The van der Waals surface area contributed by atoms with Gasteiger partial charge in [0.25, 0.3) is 0 Å². The van der Waals surface area contributed by atoms with Crippen LogP contribution in [-0.2, 0) is 16.0 Å². The monoisotopic (exact) mass is 689 g/mol. The molecule has 0 saturated carbocycles. The lowest BCUT2D eigenvalue weighted by Crippen LogP contribution is -2.15. The minimum atomic E-state index is 0.00463. The number of carbonyl (C=O) groups excluding carboxylic acids is 2. The van der Waals surface area contributed by atoms with E-state index >= 15 is 0 Å². The number of rotatable bonds is 3. The van der Waals surface area contributed by atoms with E-state index in [0.29, 0.717) is 18.0 Å². The van der Waals surface area contributed by atoms with Gasteiger partial charge in [-0.2, -0.15) is 10.2 Å². The number of oxime groups is 3. The molecule has 48 heavy (non-hydrogen) atoms. The maximum atomic E-state index is 10.1. The third kappa shape index (κ3) is 90.0. The van der Waals surface area contributed by atoms with Crippen molar-refractivity contribution in [3.05, 3.63) is 24.3 Å². The van der Waals surface area contributed by atoms with Crippen LogP contribution in [0.25, 0.3) is 0 Å². The van der Waals surface area contributed by atoms with Crippen LogP contribution >= 0.6 is 0 Å². The Morgan fingerprint density at radius 1 is 0.854 bits per heavy atom. The maximum absolute atomic E-state index is 10.1. The Morgan fingerprint density at radius 2 is 1.27 bits per heavy atom. The molecule has 0 aliphatic rings. The van der Waals surface area contributed by atoms with E-state index in [4.69, 9.17) is 21.4 Å². The smallest absolute Gasteiger partial charge is 0.219 e. The number of nitrogens with one attached hydrogen (secondary N) is 4. The highest BCUT2D eigenvalue weighted by molar-refractivity contribution is 5.80. The molecule has 19 heteroatoms. The Morgan fingerprint density at radius 3 is 1.33 bits per heavy atom. The number of hydrogen-bond donors (Lipinski definition) is 8. The molecule has 2 rings (SSSR count). The molecule has 2 aromatic rings. The van der Waals surface area contributed by atoms with Crippen LogP contribution in [0.5, 0.6) is 0 Å². The van der Waals surface area contributed by atoms with Crippen LogP contribution < -0.4 is 16.4 Å².